The highest BCUT2D eigenvalue weighted by molar-refractivity contribution is 5.87. The van der Waals surface area contributed by atoms with Crippen LogP contribution in [0.25, 0.3) is 5.69 Å². The lowest BCUT2D eigenvalue weighted by atomic mass is 9.80. The van der Waals surface area contributed by atoms with Gasteiger partial charge in [0, 0.05) is 19.5 Å². The molecular formula is C27H34N4O5. The third kappa shape index (κ3) is 4.42. The van der Waals surface area contributed by atoms with Crippen molar-refractivity contribution in [2.45, 2.75) is 64.0 Å². The summed E-state index contributed by atoms with van der Waals surface area (Å²) in [5, 5.41) is 15.7. The van der Waals surface area contributed by atoms with Crippen LogP contribution in [-0.4, -0.2) is 68.5 Å². The van der Waals surface area contributed by atoms with E-state index in [0.29, 0.717) is 37.0 Å². The van der Waals surface area contributed by atoms with Gasteiger partial charge >= 0.3 is 6.09 Å². The Kier molecular flexibility index (Phi) is 6.18. The van der Waals surface area contributed by atoms with Crippen LogP contribution >= 0.6 is 0 Å². The molecule has 3 heterocycles. The highest BCUT2D eigenvalue weighted by atomic mass is 16.6. The van der Waals surface area contributed by atoms with Crippen LogP contribution in [-0.2, 0) is 16.0 Å². The van der Waals surface area contributed by atoms with E-state index in [-0.39, 0.29) is 24.8 Å². The van der Waals surface area contributed by atoms with Gasteiger partial charge in [-0.05, 0) is 63.3 Å². The lowest BCUT2D eigenvalue weighted by Gasteiger charge is -2.40. The van der Waals surface area contributed by atoms with Crippen molar-refractivity contribution < 1.29 is 24.2 Å². The molecule has 1 atom stereocenters. The predicted octanol–water partition coefficient (Wildman–Crippen LogP) is 4.09. The van der Waals surface area contributed by atoms with Crippen LogP contribution in [0, 0.1) is 0 Å². The van der Waals surface area contributed by atoms with E-state index in [0.717, 1.165) is 29.7 Å². The van der Waals surface area contributed by atoms with Gasteiger partial charge < -0.3 is 19.5 Å². The number of hydrogen-bond donors (Lipinski definition) is 1. The average Bonchev–Trinajstić information content (AvgIpc) is 3.12. The number of carbonyl (C=O) groups excluding carboxylic acids is 2. The van der Waals surface area contributed by atoms with Gasteiger partial charge in [-0.1, -0.05) is 19.1 Å². The van der Waals surface area contributed by atoms with Crippen LogP contribution in [0.1, 0.15) is 68.8 Å². The maximum Gasteiger partial charge on any atom is 0.410 e. The summed E-state index contributed by atoms with van der Waals surface area (Å²) in [5.41, 5.74) is 2.66. The molecule has 1 aromatic carbocycles. The summed E-state index contributed by atoms with van der Waals surface area (Å²) in [5.74, 6) is 0.858. The zero-order valence-electron chi connectivity index (χ0n) is 21.2. The molecule has 9 heteroatoms. The smallest absolute Gasteiger partial charge is 0.410 e. The zero-order chi connectivity index (χ0) is 25.6. The van der Waals surface area contributed by atoms with E-state index in [2.05, 4.69) is 12.6 Å². The SMILES string of the molecule is C=CC(=O)N1CCOc2nn(-c3ccc(C4CCC4)cc3O)c3c2[C@H](C1)N(C(=O)OC(C)(C)C)CC3. The summed E-state index contributed by atoms with van der Waals surface area (Å²) in [6.45, 7) is 10.4. The fourth-order valence-electron chi connectivity index (χ4n) is 5.19. The Morgan fingerprint density at radius 1 is 1.25 bits per heavy atom. The van der Waals surface area contributed by atoms with Gasteiger partial charge in [0.05, 0.1) is 23.8 Å². The van der Waals surface area contributed by atoms with E-state index in [9.17, 15) is 14.7 Å². The second-order valence-corrected chi connectivity index (χ2v) is 10.7. The lowest BCUT2D eigenvalue weighted by molar-refractivity contribution is -0.127. The van der Waals surface area contributed by atoms with E-state index < -0.39 is 17.7 Å². The van der Waals surface area contributed by atoms with E-state index in [1.165, 1.54) is 12.5 Å². The van der Waals surface area contributed by atoms with Gasteiger partial charge in [-0.15, -0.1) is 5.10 Å². The molecule has 1 N–H and O–H groups in total. The molecule has 0 unspecified atom stereocenters. The number of nitrogens with zero attached hydrogens (tertiary/aromatic N) is 4. The number of amides is 2. The molecule has 192 valence electrons. The Hall–Kier alpha value is -3.49. The maximum atomic E-state index is 13.2. The Balaban J connectivity index is 1.57. The molecule has 0 saturated heterocycles. The minimum absolute atomic E-state index is 0.167. The molecule has 2 amide bonds. The number of rotatable bonds is 3. The Bertz CT molecular complexity index is 1190. The molecule has 2 aromatic rings. The Labute approximate surface area is 211 Å². The number of phenols is 1. The topological polar surface area (TPSA) is 97.1 Å². The van der Waals surface area contributed by atoms with Gasteiger partial charge in [0.1, 0.15) is 23.6 Å². The molecule has 3 aliphatic rings. The second kappa shape index (κ2) is 9.19. The standard InChI is InChI=1S/C27H34N4O5/c1-5-23(33)29-13-14-35-25-24-20(11-12-30(21(24)16-29)26(34)36-27(2,3)4)31(28-25)19-10-9-18(15-22(19)32)17-7-6-8-17/h5,9-10,15,17,21,32H,1,6-8,11-14,16H2,2-4H3/t21-/m0/s1. The normalized spacial score (nSPS) is 19.9. The monoisotopic (exact) mass is 494 g/mol. The largest absolute Gasteiger partial charge is 0.506 e. The van der Waals surface area contributed by atoms with Crippen LogP contribution in [0.5, 0.6) is 11.6 Å². The first-order chi connectivity index (χ1) is 17.2. The first-order valence-electron chi connectivity index (χ1n) is 12.6. The third-order valence-corrected chi connectivity index (χ3v) is 7.20. The third-order valence-electron chi connectivity index (χ3n) is 7.20. The summed E-state index contributed by atoms with van der Waals surface area (Å²) < 4.78 is 13.5. The quantitative estimate of drug-likeness (QED) is 0.646. The molecule has 1 aromatic heterocycles. The van der Waals surface area contributed by atoms with Crippen LogP contribution in [0.3, 0.4) is 0 Å². The number of carbonyl (C=O) groups is 2. The summed E-state index contributed by atoms with van der Waals surface area (Å²) in [7, 11) is 0. The predicted molar refractivity (Wildman–Crippen MR) is 133 cm³/mol. The number of hydrogen-bond acceptors (Lipinski definition) is 6. The Morgan fingerprint density at radius 3 is 2.67 bits per heavy atom. The molecule has 36 heavy (non-hydrogen) atoms. The molecule has 0 spiro atoms. The number of benzene rings is 1. The summed E-state index contributed by atoms with van der Waals surface area (Å²) >= 11 is 0. The van der Waals surface area contributed by atoms with Crippen LogP contribution in [0.15, 0.2) is 30.9 Å². The molecular weight excluding hydrogens is 460 g/mol. The first-order valence-corrected chi connectivity index (χ1v) is 12.6. The van der Waals surface area contributed by atoms with Crippen molar-refractivity contribution in [3.8, 4) is 17.3 Å². The van der Waals surface area contributed by atoms with Gasteiger partial charge in [0.15, 0.2) is 0 Å². The van der Waals surface area contributed by atoms with Crippen molar-refractivity contribution in [3.63, 3.8) is 0 Å². The number of ether oxygens (including phenoxy) is 2. The molecule has 9 nitrogen and oxygen atoms in total. The van der Waals surface area contributed by atoms with Crippen molar-refractivity contribution in [2.24, 2.45) is 0 Å². The molecule has 1 aliphatic carbocycles. The summed E-state index contributed by atoms with van der Waals surface area (Å²) in [6.07, 6.45) is 4.85. The van der Waals surface area contributed by atoms with Gasteiger partial charge in [-0.3, -0.25) is 9.69 Å². The van der Waals surface area contributed by atoms with E-state index in [4.69, 9.17) is 14.6 Å². The van der Waals surface area contributed by atoms with Crippen molar-refractivity contribution in [1.82, 2.24) is 19.6 Å². The fraction of sp³-hybridized carbons (Fsp3) is 0.519. The van der Waals surface area contributed by atoms with Crippen LogP contribution in [0.2, 0.25) is 0 Å². The van der Waals surface area contributed by atoms with Crippen molar-refractivity contribution in [3.05, 3.63) is 47.7 Å². The molecule has 1 saturated carbocycles. The van der Waals surface area contributed by atoms with Crippen LogP contribution < -0.4 is 4.74 Å². The molecule has 2 aliphatic heterocycles. The number of phenolic OH excluding ortho intramolecular Hbond substituents is 1. The molecule has 1 fully saturated rings. The van der Waals surface area contributed by atoms with Gasteiger partial charge in [0.25, 0.3) is 0 Å². The van der Waals surface area contributed by atoms with Crippen molar-refractivity contribution >= 4 is 12.0 Å². The average molecular weight is 495 g/mol. The molecule has 0 bridgehead atoms. The fourth-order valence-corrected chi connectivity index (χ4v) is 5.19. The highest BCUT2D eigenvalue weighted by Crippen LogP contribution is 2.42. The van der Waals surface area contributed by atoms with Crippen molar-refractivity contribution in [1.29, 1.82) is 0 Å². The van der Waals surface area contributed by atoms with E-state index >= 15 is 0 Å². The Morgan fingerprint density at radius 2 is 2.03 bits per heavy atom. The zero-order valence-corrected chi connectivity index (χ0v) is 21.2. The van der Waals surface area contributed by atoms with E-state index in [1.807, 2.05) is 32.9 Å². The molecule has 5 rings (SSSR count). The van der Waals surface area contributed by atoms with Crippen molar-refractivity contribution in [2.75, 3.05) is 26.2 Å². The first kappa shape index (κ1) is 24.2. The van der Waals surface area contributed by atoms with Gasteiger partial charge in [0.2, 0.25) is 11.8 Å². The lowest BCUT2D eigenvalue weighted by Crippen LogP contribution is -2.49. The molecule has 0 radical (unpaired) electrons. The minimum atomic E-state index is -0.660. The highest BCUT2D eigenvalue weighted by Gasteiger charge is 2.41. The minimum Gasteiger partial charge on any atom is -0.506 e. The maximum absolute atomic E-state index is 13.2. The van der Waals surface area contributed by atoms with E-state index in [1.54, 1.807) is 14.5 Å². The number of aromatic nitrogens is 2. The van der Waals surface area contributed by atoms with Crippen LogP contribution in [0.4, 0.5) is 4.79 Å². The summed E-state index contributed by atoms with van der Waals surface area (Å²) in [6, 6.07) is 5.29. The van der Waals surface area contributed by atoms with Gasteiger partial charge in [-0.25, -0.2) is 9.48 Å². The number of aromatic hydroxyl groups is 1. The van der Waals surface area contributed by atoms with Gasteiger partial charge in [-0.2, -0.15) is 0 Å². The second-order valence-electron chi connectivity index (χ2n) is 10.7. The summed E-state index contributed by atoms with van der Waals surface area (Å²) in [4.78, 5) is 29.1.